The molecule has 3 nitrogen and oxygen atoms in total. The van der Waals surface area contributed by atoms with Gasteiger partial charge in [0.1, 0.15) is 0 Å². The second-order valence-corrected chi connectivity index (χ2v) is 6.52. The molecule has 0 saturated heterocycles. The predicted molar refractivity (Wildman–Crippen MR) is 84.9 cm³/mol. The summed E-state index contributed by atoms with van der Waals surface area (Å²) in [5, 5.41) is 8.79. The standard InChI is InChI=1S/C15H17BrClN3/c1-20-15-4-2-3-14(12(15)9-19-20)18-8-10-7-11(17)5-6-13(10)16/h5-7,9,14,18H,2-4,8H2,1H3. The SMILES string of the molecule is Cn1ncc2c1CCCC2NCc1cc(Cl)ccc1Br. The van der Waals surface area contributed by atoms with E-state index >= 15 is 0 Å². The number of halogens is 2. The van der Waals surface area contributed by atoms with Crippen LogP contribution in [0.4, 0.5) is 0 Å². The molecular formula is C15H17BrClN3. The first-order valence-corrected chi connectivity index (χ1v) is 8.00. The highest BCUT2D eigenvalue weighted by Gasteiger charge is 2.22. The average molecular weight is 355 g/mol. The molecule has 2 aromatic rings. The van der Waals surface area contributed by atoms with Crippen molar-refractivity contribution in [2.24, 2.45) is 7.05 Å². The lowest BCUT2D eigenvalue weighted by molar-refractivity contribution is 0.451. The molecule has 1 aliphatic carbocycles. The number of aromatic nitrogens is 2. The monoisotopic (exact) mass is 353 g/mol. The Bertz CT molecular complexity index is 624. The lowest BCUT2D eigenvalue weighted by Gasteiger charge is -2.24. The van der Waals surface area contributed by atoms with Crippen LogP contribution in [-0.2, 0) is 20.0 Å². The molecule has 1 aliphatic rings. The molecule has 1 unspecified atom stereocenters. The molecule has 0 saturated carbocycles. The Hall–Kier alpha value is -0.840. The quantitative estimate of drug-likeness (QED) is 0.903. The molecule has 0 fully saturated rings. The van der Waals surface area contributed by atoms with Crippen molar-refractivity contribution in [3.63, 3.8) is 0 Å². The van der Waals surface area contributed by atoms with E-state index in [0.717, 1.165) is 28.9 Å². The van der Waals surface area contributed by atoms with Crippen LogP contribution in [0.25, 0.3) is 0 Å². The zero-order valence-electron chi connectivity index (χ0n) is 11.4. The summed E-state index contributed by atoms with van der Waals surface area (Å²) in [7, 11) is 2.02. The van der Waals surface area contributed by atoms with E-state index in [0.29, 0.717) is 6.04 Å². The van der Waals surface area contributed by atoms with Crippen LogP contribution in [0.5, 0.6) is 0 Å². The van der Waals surface area contributed by atoms with Crippen LogP contribution in [0.3, 0.4) is 0 Å². The third-order valence-corrected chi connectivity index (χ3v) is 4.93. The molecule has 1 N–H and O–H groups in total. The van der Waals surface area contributed by atoms with E-state index in [2.05, 4.69) is 26.3 Å². The van der Waals surface area contributed by atoms with Crippen molar-refractivity contribution in [2.75, 3.05) is 0 Å². The number of fused-ring (bicyclic) bond motifs is 1. The van der Waals surface area contributed by atoms with E-state index in [1.54, 1.807) is 0 Å². The molecule has 3 rings (SSSR count). The van der Waals surface area contributed by atoms with Gasteiger partial charge in [-0.1, -0.05) is 27.5 Å². The molecule has 0 radical (unpaired) electrons. The Morgan fingerprint density at radius 3 is 3.20 bits per heavy atom. The fourth-order valence-corrected chi connectivity index (χ4v) is 3.41. The normalized spacial score (nSPS) is 18.1. The van der Waals surface area contributed by atoms with Crippen molar-refractivity contribution in [1.29, 1.82) is 0 Å². The summed E-state index contributed by atoms with van der Waals surface area (Å²) in [5.41, 5.74) is 3.89. The summed E-state index contributed by atoms with van der Waals surface area (Å²) in [6.07, 6.45) is 5.50. The second kappa shape index (κ2) is 5.88. The molecule has 1 aromatic heterocycles. The third-order valence-electron chi connectivity index (χ3n) is 3.92. The lowest BCUT2D eigenvalue weighted by atomic mass is 9.93. The largest absolute Gasteiger partial charge is 0.306 e. The van der Waals surface area contributed by atoms with Gasteiger partial charge in [-0.3, -0.25) is 4.68 Å². The highest BCUT2D eigenvalue weighted by Crippen LogP contribution is 2.30. The predicted octanol–water partition coefficient (Wildman–Crippen LogP) is 4.00. The number of nitrogens with zero attached hydrogens (tertiary/aromatic N) is 2. The van der Waals surface area contributed by atoms with Gasteiger partial charge in [0.15, 0.2) is 0 Å². The Morgan fingerprint density at radius 2 is 2.35 bits per heavy atom. The maximum Gasteiger partial charge on any atom is 0.0540 e. The van der Waals surface area contributed by atoms with Gasteiger partial charge in [-0.15, -0.1) is 0 Å². The molecule has 1 heterocycles. The van der Waals surface area contributed by atoms with Gasteiger partial charge >= 0.3 is 0 Å². The number of nitrogens with one attached hydrogen (secondary N) is 1. The number of rotatable bonds is 3. The summed E-state index contributed by atoms with van der Waals surface area (Å²) >= 11 is 9.64. The average Bonchev–Trinajstić information content (AvgIpc) is 2.82. The van der Waals surface area contributed by atoms with Crippen LogP contribution in [-0.4, -0.2) is 9.78 Å². The Kier molecular flexibility index (Phi) is 4.15. The molecular weight excluding hydrogens is 338 g/mol. The number of aryl methyl sites for hydroxylation is 1. The first kappa shape index (κ1) is 14.1. The van der Waals surface area contributed by atoms with Crippen molar-refractivity contribution >= 4 is 27.5 Å². The third kappa shape index (κ3) is 2.78. The van der Waals surface area contributed by atoms with E-state index in [9.17, 15) is 0 Å². The number of hydrogen-bond donors (Lipinski definition) is 1. The van der Waals surface area contributed by atoms with Crippen molar-refractivity contribution in [3.05, 3.63) is 50.7 Å². The number of benzene rings is 1. The van der Waals surface area contributed by atoms with Gasteiger partial charge in [0.05, 0.1) is 6.20 Å². The van der Waals surface area contributed by atoms with E-state index in [4.69, 9.17) is 11.6 Å². The first-order chi connectivity index (χ1) is 9.65. The summed E-state index contributed by atoms with van der Waals surface area (Å²) < 4.78 is 3.09. The Morgan fingerprint density at radius 1 is 1.50 bits per heavy atom. The zero-order valence-corrected chi connectivity index (χ0v) is 13.7. The maximum absolute atomic E-state index is 6.06. The summed E-state index contributed by atoms with van der Waals surface area (Å²) in [4.78, 5) is 0. The molecule has 5 heteroatoms. The van der Waals surface area contributed by atoms with Crippen LogP contribution in [0.1, 0.15) is 35.7 Å². The first-order valence-electron chi connectivity index (χ1n) is 6.83. The molecule has 106 valence electrons. The second-order valence-electron chi connectivity index (χ2n) is 5.23. The van der Waals surface area contributed by atoms with E-state index < -0.39 is 0 Å². The van der Waals surface area contributed by atoms with Gasteiger partial charge in [0.2, 0.25) is 0 Å². The van der Waals surface area contributed by atoms with E-state index in [1.807, 2.05) is 36.1 Å². The highest BCUT2D eigenvalue weighted by molar-refractivity contribution is 9.10. The summed E-state index contributed by atoms with van der Waals surface area (Å²) in [6, 6.07) is 6.29. The van der Waals surface area contributed by atoms with Crippen molar-refractivity contribution < 1.29 is 0 Å². The zero-order chi connectivity index (χ0) is 14.1. The molecule has 0 aliphatic heterocycles. The minimum absolute atomic E-state index is 0.387. The van der Waals surface area contributed by atoms with Gasteiger partial charge in [-0.25, -0.2) is 0 Å². The Labute approximate surface area is 132 Å². The number of hydrogen-bond acceptors (Lipinski definition) is 2. The molecule has 0 bridgehead atoms. The smallest absolute Gasteiger partial charge is 0.0540 e. The highest BCUT2D eigenvalue weighted by atomic mass is 79.9. The maximum atomic E-state index is 6.06. The van der Waals surface area contributed by atoms with Crippen LogP contribution < -0.4 is 5.32 Å². The fourth-order valence-electron chi connectivity index (χ4n) is 2.83. The van der Waals surface area contributed by atoms with E-state index in [1.165, 1.54) is 23.2 Å². The van der Waals surface area contributed by atoms with Crippen molar-refractivity contribution in [3.8, 4) is 0 Å². The van der Waals surface area contributed by atoms with Crippen LogP contribution in [0, 0.1) is 0 Å². The molecule has 1 atom stereocenters. The lowest BCUT2D eigenvalue weighted by Crippen LogP contribution is -2.25. The van der Waals surface area contributed by atoms with Gasteiger partial charge in [-0.05, 0) is 43.0 Å². The van der Waals surface area contributed by atoms with Crippen molar-refractivity contribution in [1.82, 2.24) is 15.1 Å². The van der Waals surface area contributed by atoms with Crippen LogP contribution in [0.2, 0.25) is 5.02 Å². The summed E-state index contributed by atoms with van der Waals surface area (Å²) in [6.45, 7) is 0.806. The minimum Gasteiger partial charge on any atom is -0.306 e. The van der Waals surface area contributed by atoms with Crippen molar-refractivity contribution in [2.45, 2.75) is 31.8 Å². The molecule has 0 spiro atoms. The molecule has 20 heavy (non-hydrogen) atoms. The minimum atomic E-state index is 0.387. The summed E-state index contributed by atoms with van der Waals surface area (Å²) in [5.74, 6) is 0. The van der Waals surface area contributed by atoms with Gasteiger partial charge in [0.25, 0.3) is 0 Å². The van der Waals surface area contributed by atoms with E-state index in [-0.39, 0.29) is 0 Å². The topological polar surface area (TPSA) is 29.9 Å². The van der Waals surface area contributed by atoms with Crippen LogP contribution in [0.15, 0.2) is 28.9 Å². The van der Waals surface area contributed by atoms with Gasteiger partial charge in [-0.2, -0.15) is 5.10 Å². The molecule has 1 aromatic carbocycles. The van der Waals surface area contributed by atoms with Gasteiger partial charge in [0, 0.05) is 40.4 Å². The van der Waals surface area contributed by atoms with Crippen LogP contribution >= 0.6 is 27.5 Å². The van der Waals surface area contributed by atoms with Gasteiger partial charge < -0.3 is 5.32 Å². The fraction of sp³-hybridized carbons (Fsp3) is 0.400. The molecule has 0 amide bonds. The Balaban J connectivity index is 1.75.